The Bertz CT molecular complexity index is 745. The van der Waals surface area contributed by atoms with Gasteiger partial charge in [-0.25, -0.2) is 4.21 Å². The van der Waals surface area contributed by atoms with Crippen molar-refractivity contribution in [3.05, 3.63) is 22.3 Å². The van der Waals surface area contributed by atoms with Crippen LogP contribution in [0.15, 0.2) is 4.90 Å². The lowest BCUT2D eigenvalue weighted by Crippen LogP contribution is -2.38. The van der Waals surface area contributed by atoms with E-state index < -0.39 is 11.0 Å². The molecule has 0 saturated carbocycles. The predicted octanol–water partition coefficient (Wildman–Crippen LogP) is 4.69. The molecule has 0 spiro atoms. The molecule has 0 fully saturated rings. The molecule has 0 saturated heterocycles. The molecule has 0 aromatic heterocycles. The summed E-state index contributed by atoms with van der Waals surface area (Å²) in [6.07, 6.45) is 1.88. The van der Waals surface area contributed by atoms with Gasteiger partial charge in [-0.1, -0.05) is 20.8 Å². The fraction of sp³-hybridized carbons (Fsp3) is 0.650. The first-order valence-electron chi connectivity index (χ1n) is 8.84. The van der Waals surface area contributed by atoms with Crippen molar-refractivity contribution in [2.75, 3.05) is 7.05 Å². The molecular formula is C20H32N2O2S. The van der Waals surface area contributed by atoms with Crippen LogP contribution in [0.25, 0.3) is 0 Å². The largest absolute Gasteiger partial charge is 0.487 e. The summed E-state index contributed by atoms with van der Waals surface area (Å²) in [5.74, 6) is 1.33. The molecule has 1 aromatic rings. The fourth-order valence-corrected chi connectivity index (χ4v) is 4.82. The molecule has 0 radical (unpaired) electrons. The summed E-state index contributed by atoms with van der Waals surface area (Å²) < 4.78 is 21.1. The second-order valence-electron chi connectivity index (χ2n) is 8.72. The van der Waals surface area contributed by atoms with Crippen molar-refractivity contribution < 1.29 is 8.95 Å². The van der Waals surface area contributed by atoms with E-state index in [4.69, 9.17) is 10.1 Å². The third-order valence-electron chi connectivity index (χ3n) is 5.12. The van der Waals surface area contributed by atoms with Gasteiger partial charge < -0.3 is 4.74 Å². The Morgan fingerprint density at radius 3 is 2.24 bits per heavy atom. The van der Waals surface area contributed by atoms with Gasteiger partial charge in [-0.3, -0.25) is 9.71 Å². The van der Waals surface area contributed by atoms with E-state index in [0.717, 1.165) is 40.2 Å². The predicted molar refractivity (Wildman–Crippen MR) is 105 cm³/mol. The summed E-state index contributed by atoms with van der Waals surface area (Å²) in [6.45, 7) is 16.2. The Morgan fingerprint density at radius 1 is 1.16 bits per heavy atom. The summed E-state index contributed by atoms with van der Waals surface area (Å²) >= 11 is 0. The van der Waals surface area contributed by atoms with E-state index in [1.807, 2.05) is 41.5 Å². The average Bonchev–Trinajstić information content (AvgIpc) is 2.49. The van der Waals surface area contributed by atoms with Crippen LogP contribution in [0.1, 0.15) is 63.3 Å². The maximum Gasteiger partial charge on any atom is 0.154 e. The van der Waals surface area contributed by atoms with Gasteiger partial charge in [-0.05, 0) is 69.7 Å². The van der Waals surface area contributed by atoms with E-state index in [1.54, 1.807) is 11.4 Å². The lowest BCUT2D eigenvalue weighted by molar-refractivity contribution is 0.0832. The molecule has 1 heterocycles. The molecule has 1 atom stereocenters. The number of fused-ring (bicyclic) bond motifs is 1. The van der Waals surface area contributed by atoms with Crippen LogP contribution in [-0.2, 0) is 17.4 Å². The van der Waals surface area contributed by atoms with Gasteiger partial charge in [0.2, 0.25) is 0 Å². The van der Waals surface area contributed by atoms with Crippen LogP contribution in [-0.4, -0.2) is 27.0 Å². The molecule has 25 heavy (non-hydrogen) atoms. The fourth-order valence-electron chi connectivity index (χ4n) is 3.30. The first-order chi connectivity index (χ1) is 11.3. The van der Waals surface area contributed by atoms with Crippen molar-refractivity contribution in [2.24, 2.45) is 5.41 Å². The number of ether oxygens (including phenoxy) is 1. The van der Waals surface area contributed by atoms with Crippen LogP contribution >= 0.6 is 0 Å². The van der Waals surface area contributed by atoms with Crippen molar-refractivity contribution in [1.29, 1.82) is 5.41 Å². The first-order valence-corrected chi connectivity index (χ1v) is 9.95. The van der Waals surface area contributed by atoms with Gasteiger partial charge in [0, 0.05) is 12.5 Å². The number of benzene rings is 1. The SMILES string of the molecule is Cc1c(C)c(S(=O)N(C)C(=N)C(C)(C)C)c(C)c2c1OC(C)(C)CC2. The van der Waals surface area contributed by atoms with Gasteiger partial charge in [-0.15, -0.1) is 0 Å². The Kier molecular flexibility index (Phi) is 5.12. The molecule has 4 nitrogen and oxygen atoms in total. The van der Waals surface area contributed by atoms with Crippen LogP contribution in [0.4, 0.5) is 0 Å². The van der Waals surface area contributed by atoms with Crippen molar-refractivity contribution in [1.82, 2.24) is 4.31 Å². The summed E-state index contributed by atoms with van der Waals surface area (Å²) in [7, 11) is 0.345. The maximum atomic E-state index is 13.3. The minimum absolute atomic E-state index is 0.164. The van der Waals surface area contributed by atoms with E-state index in [9.17, 15) is 4.21 Å². The van der Waals surface area contributed by atoms with Crippen LogP contribution in [0.5, 0.6) is 5.75 Å². The minimum atomic E-state index is -1.40. The Balaban J connectivity index is 2.56. The third kappa shape index (κ3) is 3.62. The number of nitrogens with zero attached hydrogens (tertiary/aromatic N) is 1. The Morgan fingerprint density at radius 2 is 1.72 bits per heavy atom. The summed E-state index contributed by atoms with van der Waals surface area (Å²) in [6, 6.07) is 0. The molecule has 2 rings (SSSR count). The highest BCUT2D eigenvalue weighted by molar-refractivity contribution is 7.83. The molecule has 0 aliphatic carbocycles. The first kappa shape index (κ1) is 20.0. The van der Waals surface area contributed by atoms with Crippen molar-refractivity contribution >= 4 is 16.8 Å². The van der Waals surface area contributed by atoms with Gasteiger partial charge in [0.15, 0.2) is 11.0 Å². The smallest absolute Gasteiger partial charge is 0.154 e. The van der Waals surface area contributed by atoms with Gasteiger partial charge in [0.05, 0.1) is 4.90 Å². The van der Waals surface area contributed by atoms with E-state index in [1.165, 1.54) is 5.56 Å². The zero-order valence-electron chi connectivity index (χ0n) is 17.1. The van der Waals surface area contributed by atoms with Crippen LogP contribution in [0.3, 0.4) is 0 Å². The molecule has 0 amide bonds. The monoisotopic (exact) mass is 364 g/mol. The lowest BCUT2D eigenvalue weighted by Gasteiger charge is -2.36. The third-order valence-corrected chi connectivity index (χ3v) is 6.76. The van der Waals surface area contributed by atoms with E-state index in [-0.39, 0.29) is 11.0 Å². The molecular weight excluding hydrogens is 332 g/mol. The highest BCUT2D eigenvalue weighted by atomic mass is 32.2. The number of hydrogen-bond donors (Lipinski definition) is 1. The number of nitrogens with one attached hydrogen (secondary N) is 1. The van der Waals surface area contributed by atoms with Crippen molar-refractivity contribution in [3.63, 3.8) is 0 Å². The van der Waals surface area contributed by atoms with Gasteiger partial charge in [0.1, 0.15) is 17.2 Å². The maximum absolute atomic E-state index is 13.3. The molecule has 0 bridgehead atoms. The summed E-state index contributed by atoms with van der Waals surface area (Å²) in [4.78, 5) is 0.830. The summed E-state index contributed by atoms with van der Waals surface area (Å²) in [5.41, 5.74) is 3.76. The van der Waals surface area contributed by atoms with Crippen LogP contribution in [0.2, 0.25) is 0 Å². The zero-order chi connectivity index (χ0) is 19.3. The topological polar surface area (TPSA) is 53.4 Å². The second kappa shape index (κ2) is 6.42. The number of hydrogen-bond acceptors (Lipinski definition) is 3. The van der Waals surface area contributed by atoms with E-state index in [0.29, 0.717) is 5.84 Å². The van der Waals surface area contributed by atoms with Crippen LogP contribution < -0.4 is 4.74 Å². The standard InChI is InChI=1S/C20H32N2O2S/c1-12-13(2)17(25(23)22(9)18(21)19(4,5)6)14(3)15-10-11-20(7,8)24-16(12)15/h21H,10-11H2,1-9H3. The minimum Gasteiger partial charge on any atom is -0.487 e. The van der Waals surface area contributed by atoms with E-state index >= 15 is 0 Å². The van der Waals surface area contributed by atoms with Crippen LogP contribution in [0, 0.1) is 31.6 Å². The highest BCUT2D eigenvalue weighted by Gasteiger charge is 2.33. The van der Waals surface area contributed by atoms with Gasteiger partial charge in [0.25, 0.3) is 0 Å². The number of rotatable bonds is 2. The second-order valence-corrected chi connectivity index (χ2v) is 10.2. The zero-order valence-corrected chi connectivity index (χ0v) is 17.9. The van der Waals surface area contributed by atoms with E-state index in [2.05, 4.69) is 13.8 Å². The average molecular weight is 365 g/mol. The molecule has 1 aromatic carbocycles. The van der Waals surface area contributed by atoms with Crippen molar-refractivity contribution in [2.45, 2.75) is 78.7 Å². The Hall–Kier alpha value is -1.36. The highest BCUT2D eigenvalue weighted by Crippen LogP contribution is 2.42. The lowest BCUT2D eigenvalue weighted by atomic mass is 9.88. The van der Waals surface area contributed by atoms with Gasteiger partial charge >= 0.3 is 0 Å². The molecule has 140 valence electrons. The normalized spacial score (nSPS) is 17.5. The number of amidine groups is 1. The van der Waals surface area contributed by atoms with Gasteiger partial charge in [-0.2, -0.15) is 0 Å². The molecule has 5 heteroatoms. The quantitative estimate of drug-likeness (QED) is 0.611. The molecule has 1 aliphatic heterocycles. The van der Waals surface area contributed by atoms with Crippen molar-refractivity contribution in [3.8, 4) is 5.75 Å². The molecule has 1 unspecified atom stereocenters. The summed E-state index contributed by atoms with van der Waals surface area (Å²) in [5, 5.41) is 8.37. The molecule has 1 aliphatic rings. The Labute approximate surface area is 155 Å². The molecule has 1 N–H and O–H groups in total.